The van der Waals surface area contributed by atoms with Gasteiger partial charge in [-0.25, -0.2) is 5.43 Å². The molecule has 2 N–H and O–H groups in total. The van der Waals surface area contributed by atoms with Gasteiger partial charge in [0.1, 0.15) is 12.4 Å². The highest BCUT2D eigenvalue weighted by Crippen LogP contribution is 2.17. The summed E-state index contributed by atoms with van der Waals surface area (Å²) in [5.74, 6) is -0.0699. The van der Waals surface area contributed by atoms with E-state index in [4.69, 9.17) is 4.74 Å². The molecule has 0 fully saturated rings. The second kappa shape index (κ2) is 10.6. The Morgan fingerprint density at radius 3 is 2.53 bits per heavy atom. The summed E-state index contributed by atoms with van der Waals surface area (Å²) >= 11 is 0. The van der Waals surface area contributed by atoms with Crippen molar-refractivity contribution in [3.63, 3.8) is 0 Å². The van der Waals surface area contributed by atoms with E-state index in [9.17, 15) is 9.59 Å². The molecule has 6 nitrogen and oxygen atoms in total. The molecule has 0 bridgehead atoms. The number of rotatable bonds is 8. The van der Waals surface area contributed by atoms with Crippen LogP contribution in [0.5, 0.6) is 5.75 Å². The van der Waals surface area contributed by atoms with Crippen molar-refractivity contribution in [2.75, 3.05) is 6.54 Å². The zero-order valence-corrected chi connectivity index (χ0v) is 16.7. The molecule has 30 heavy (non-hydrogen) atoms. The van der Waals surface area contributed by atoms with Gasteiger partial charge in [0.2, 0.25) is 0 Å². The highest BCUT2D eigenvalue weighted by atomic mass is 16.5. The van der Waals surface area contributed by atoms with Crippen LogP contribution in [-0.2, 0) is 11.4 Å². The van der Waals surface area contributed by atoms with Crippen molar-refractivity contribution in [1.29, 1.82) is 0 Å². The molecule has 3 rings (SSSR count). The van der Waals surface area contributed by atoms with E-state index in [1.807, 2.05) is 67.6 Å². The van der Waals surface area contributed by atoms with Crippen LogP contribution in [0.4, 0.5) is 0 Å². The van der Waals surface area contributed by atoms with Crippen molar-refractivity contribution < 1.29 is 14.3 Å². The summed E-state index contributed by atoms with van der Waals surface area (Å²) in [7, 11) is 0. The van der Waals surface area contributed by atoms with Crippen LogP contribution in [0.3, 0.4) is 0 Å². The number of carbonyl (C=O) groups is 2. The molecule has 0 saturated carbocycles. The number of hydrazone groups is 1. The van der Waals surface area contributed by atoms with Crippen LogP contribution in [0, 0.1) is 6.92 Å². The van der Waals surface area contributed by atoms with Crippen molar-refractivity contribution in [3.8, 4) is 5.75 Å². The van der Waals surface area contributed by atoms with Gasteiger partial charge in [0.05, 0.1) is 12.8 Å². The average molecular weight is 401 g/mol. The van der Waals surface area contributed by atoms with Gasteiger partial charge in [-0.3, -0.25) is 9.59 Å². The fourth-order valence-corrected chi connectivity index (χ4v) is 2.72. The molecule has 0 heterocycles. The van der Waals surface area contributed by atoms with Crippen molar-refractivity contribution in [2.24, 2.45) is 5.10 Å². The maximum Gasteiger partial charge on any atom is 0.259 e. The molecular weight excluding hydrogens is 378 g/mol. The van der Waals surface area contributed by atoms with E-state index in [1.165, 1.54) is 6.21 Å². The van der Waals surface area contributed by atoms with Gasteiger partial charge in [-0.05, 0) is 36.8 Å². The topological polar surface area (TPSA) is 79.8 Å². The molecule has 0 atom stereocenters. The lowest BCUT2D eigenvalue weighted by atomic mass is 10.1. The number of hydrogen-bond donors (Lipinski definition) is 2. The van der Waals surface area contributed by atoms with Crippen LogP contribution in [0.25, 0.3) is 0 Å². The first-order valence-corrected chi connectivity index (χ1v) is 9.54. The molecule has 0 aliphatic rings. The van der Waals surface area contributed by atoms with E-state index in [1.54, 1.807) is 18.2 Å². The van der Waals surface area contributed by atoms with Crippen LogP contribution in [-0.4, -0.2) is 24.6 Å². The number of nitrogens with zero attached hydrogens (tertiary/aromatic N) is 1. The number of ether oxygens (including phenoxy) is 1. The Morgan fingerprint density at radius 1 is 0.967 bits per heavy atom. The predicted molar refractivity (Wildman–Crippen MR) is 116 cm³/mol. The molecule has 6 heteroatoms. The Labute approximate surface area is 175 Å². The summed E-state index contributed by atoms with van der Waals surface area (Å²) in [6, 6.07) is 24.4. The second-order valence-corrected chi connectivity index (χ2v) is 6.66. The zero-order chi connectivity index (χ0) is 21.2. The van der Waals surface area contributed by atoms with E-state index in [2.05, 4.69) is 15.8 Å². The Hall–Kier alpha value is -3.93. The molecule has 3 aromatic carbocycles. The van der Waals surface area contributed by atoms with Gasteiger partial charge in [-0.1, -0.05) is 60.2 Å². The molecule has 0 saturated heterocycles. The van der Waals surface area contributed by atoms with Crippen molar-refractivity contribution in [2.45, 2.75) is 13.5 Å². The van der Waals surface area contributed by atoms with Gasteiger partial charge < -0.3 is 10.1 Å². The fourth-order valence-electron chi connectivity index (χ4n) is 2.72. The molecule has 152 valence electrons. The maximum absolute atomic E-state index is 12.1. The zero-order valence-electron chi connectivity index (χ0n) is 16.7. The Bertz CT molecular complexity index is 1030. The number of hydrogen-bond acceptors (Lipinski definition) is 4. The third kappa shape index (κ3) is 6.31. The molecule has 2 amide bonds. The van der Waals surface area contributed by atoms with Crippen molar-refractivity contribution in [1.82, 2.24) is 10.7 Å². The van der Waals surface area contributed by atoms with Crippen LogP contribution >= 0.6 is 0 Å². The second-order valence-electron chi connectivity index (χ2n) is 6.66. The molecule has 0 aliphatic carbocycles. The minimum atomic E-state index is -0.421. The van der Waals surface area contributed by atoms with E-state index in [0.29, 0.717) is 17.9 Å². The summed E-state index contributed by atoms with van der Waals surface area (Å²) < 4.78 is 5.86. The largest absolute Gasteiger partial charge is 0.488 e. The predicted octanol–water partition coefficient (Wildman–Crippen LogP) is 3.45. The first-order chi connectivity index (χ1) is 14.6. The molecule has 0 unspecified atom stereocenters. The third-order valence-electron chi connectivity index (χ3n) is 4.24. The lowest BCUT2D eigenvalue weighted by Gasteiger charge is -2.09. The molecule has 0 spiro atoms. The summed E-state index contributed by atoms with van der Waals surface area (Å²) in [6.07, 6.45) is 1.51. The number of benzene rings is 3. The Kier molecular flexibility index (Phi) is 7.33. The minimum absolute atomic E-state index is 0.170. The van der Waals surface area contributed by atoms with Crippen molar-refractivity contribution >= 4 is 18.0 Å². The van der Waals surface area contributed by atoms with Crippen molar-refractivity contribution in [3.05, 3.63) is 101 Å². The highest BCUT2D eigenvalue weighted by Gasteiger charge is 2.07. The number of aryl methyl sites for hydroxylation is 1. The number of carbonyl (C=O) groups excluding carboxylic acids is 2. The van der Waals surface area contributed by atoms with Gasteiger partial charge in [-0.15, -0.1) is 0 Å². The molecule has 0 aliphatic heterocycles. The number of amides is 2. The molecule has 3 aromatic rings. The highest BCUT2D eigenvalue weighted by molar-refractivity contribution is 5.96. The van der Waals surface area contributed by atoms with Crippen LogP contribution in [0.2, 0.25) is 0 Å². The van der Waals surface area contributed by atoms with E-state index < -0.39 is 5.91 Å². The summed E-state index contributed by atoms with van der Waals surface area (Å²) in [5, 5.41) is 6.54. The van der Waals surface area contributed by atoms with E-state index in [0.717, 1.165) is 16.7 Å². The first kappa shape index (κ1) is 20.8. The number of para-hydroxylation sites is 1. The monoisotopic (exact) mass is 401 g/mol. The maximum atomic E-state index is 12.1. The smallest absolute Gasteiger partial charge is 0.259 e. The summed E-state index contributed by atoms with van der Waals surface area (Å²) in [6.45, 7) is 2.17. The lowest BCUT2D eigenvalue weighted by molar-refractivity contribution is -0.120. The third-order valence-corrected chi connectivity index (χ3v) is 4.24. The molecular formula is C24H23N3O3. The normalized spacial score (nSPS) is 10.6. The Balaban J connectivity index is 1.50. The summed E-state index contributed by atoms with van der Waals surface area (Å²) in [5.41, 5.74) is 5.69. The van der Waals surface area contributed by atoms with E-state index >= 15 is 0 Å². The van der Waals surface area contributed by atoms with Crippen LogP contribution < -0.4 is 15.5 Å². The Morgan fingerprint density at radius 2 is 1.73 bits per heavy atom. The van der Waals surface area contributed by atoms with Gasteiger partial charge in [-0.2, -0.15) is 5.10 Å². The van der Waals surface area contributed by atoms with Crippen LogP contribution in [0.1, 0.15) is 27.0 Å². The summed E-state index contributed by atoms with van der Waals surface area (Å²) in [4.78, 5) is 24.0. The molecule has 0 aromatic heterocycles. The first-order valence-electron chi connectivity index (χ1n) is 9.54. The van der Waals surface area contributed by atoms with Gasteiger partial charge in [0, 0.05) is 11.1 Å². The van der Waals surface area contributed by atoms with Gasteiger partial charge in [0.15, 0.2) is 0 Å². The number of nitrogens with one attached hydrogen (secondary N) is 2. The fraction of sp³-hybridized carbons (Fsp3) is 0.125. The molecule has 0 radical (unpaired) electrons. The van der Waals surface area contributed by atoms with Gasteiger partial charge in [0.25, 0.3) is 11.8 Å². The lowest BCUT2D eigenvalue weighted by Crippen LogP contribution is -2.34. The van der Waals surface area contributed by atoms with Crippen LogP contribution in [0.15, 0.2) is 84.0 Å². The minimum Gasteiger partial charge on any atom is -0.488 e. The average Bonchev–Trinajstić information content (AvgIpc) is 2.77. The standard InChI is InChI=1S/C24H23N3O3/c1-18-8-7-12-20(14-18)24(29)25-16-23(28)27-26-15-21-11-5-6-13-22(21)30-17-19-9-3-2-4-10-19/h2-15H,16-17H2,1H3,(H,25,29)(H,27,28)/b26-15+. The SMILES string of the molecule is Cc1cccc(C(=O)NCC(=O)N/N=C/c2ccccc2OCc2ccccc2)c1. The van der Waals surface area contributed by atoms with E-state index in [-0.39, 0.29) is 12.5 Å². The quantitative estimate of drug-likeness (QED) is 0.448. The van der Waals surface area contributed by atoms with Gasteiger partial charge >= 0.3 is 0 Å².